The van der Waals surface area contributed by atoms with Gasteiger partial charge in [0.2, 0.25) is 5.95 Å². The lowest BCUT2D eigenvalue weighted by Crippen LogP contribution is -1.98. The first-order valence-corrected chi connectivity index (χ1v) is 8.05. The number of pyridine rings is 1. The normalized spacial score (nSPS) is 10.8. The van der Waals surface area contributed by atoms with Gasteiger partial charge in [0, 0.05) is 23.5 Å². The van der Waals surface area contributed by atoms with Crippen molar-refractivity contribution in [2.45, 2.75) is 0 Å². The molecule has 0 atom stereocenters. The van der Waals surface area contributed by atoms with Crippen molar-refractivity contribution in [3.63, 3.8) is 0 Å². The van der Waals surface area contributed by atoms with E-state index in [0.29, 0.717) is 33.3 Å². The van der Waals surface area contributed by atoms with Crippen molar-refractivity contribution in [2.75, 3.05) is 5.32 Å². The molecule has 8 heteroatoms. The van der Waals surface area contributed by atoms with Gasteiger partial charge in [-0.3, -0.25) is 4.98 Å². The van der Waals surface area contributed by atoms with Gasteiger partial charge in [-0.25, -0.2) is 14.8 Å². The second-order valence-electron chi connectivity index (χ2n) is 5.52. The number of carboxylic acid groups (broad SMARTS) is 1. The zero-order chi connectivity index (χ0) is 18.1. The average molecular weight is 366 g/mol. The maximum absolute atomic E-state index is 11.1. The SMILES string of the molecule is O=C(O)c1cc2cc(Nc3nccc(-c4ccccn4)n3)cc(Cl)c2[nH]1. The summed E-state index contributed by atoms with van der Waals surface area (Å²) in [6.45, 7) is 0. The van der Waals surface area contributed by atoms with Crippen molar-refractivity contribution < 1.29 is 9.90 Å². The molecular formula is C18H12ClN5O2. The van der Waals surface area contributed by atoms with Crippen LogP contribution in [0.3, 0.4) is 0 Å². The number of nitrogens with zero attached hydrogens (tertiary/aromatic N) is 3. The van der Waals surface area contributed by atoms with Crippen LogP contribution in [0.1, 0.15) is 10.5 Å². The van der Waals surface area contributed by atoms with Gasteiger partial charge >= 0.3 is 5.97 Å². The number of hydrogen-bond acceptors (Lipinski definition) is 5. The maximum Gasteiger partial charge on any atom is 0.352 e. The van der Waals surface area contributed by atoms with Crippen molar-refractivity contribution in [1.82, 2.24) is 19.9 Å². The van der Waals surface area contributed by atoms with E-state index < -0.39 is 5.97 Å². The molecule has 128 valence electrons. The van der Waals surface area contributed by atoms with Crippen LogP contribution in [-0.2, 0) is 0 Å². The van der Waals surface area contributed by atoms with Gasteiger partial charge in [-0.05, 0) is 36.4 Å². The number of carboxylic acids is 1. The first-order chi connectivity index (χ1) is 12.6. The van der Waals surface area contributed by atoms with Crippen LogP contribution in [0.15, 0.2) is 54.9 Å². The number of rotatable bonds is 4. The molecule has 7 nitrogen and oxygen atoms in total. The summed E-state index contributed by atoms with van der Waals surface area (Å²) in [7, 11) is 0. The predicted octanol–water partition coefficient (Wildman–Crippen LogP) is 4.12. The number of halogens is 1. The summed E-state index contributed by atoms with van der Waals surface area (Å²) in [5.74, 6) is -0.657. The van der Waals surface area contributed by atoms with Gasteiger partial charge in [-0.1, -0.05) is 17.7 Å². The van der Waals surface area contributed by atoms with Crippen LogP contribution in [0, 0.1) is 0 Å². The van der Waals surface area contributed by atoms with E-state index in [1.165, 1.54) is 6.07 Å². The second kappa shape index (κ2) is 6.45. The minimum Gasteiger partial charge on any atom is -0.477 e. The van der Waals surface area contributed by atoms with Gasteiger partial charge in [0.05, 0.1) is 21.9 Å². The van der Waals surface area contributed by atoms with Crippen LogP contribution in [0.4, 0.5) is 11.6 Å². The number of aromatic carboxylic acids is 1. The Morgan fingerprint density at radius 1 is 1.08 bits per heavy atom. The van der Waals surface area contributed by atoms with Crippen molar-refractivity contribution >= 4 is 40.1 Å². The molecule has 0 aliphatic heterocycles. The lowest BCUT2D eigenvalue weighted by atomic mass is 10.2. The van der Waals surface area contributed by atoms with Gasteiger partial charge in [-0.15, -0.1) is 0 Å². The Hall–Kier alpha value is -3.45. The minimum absolute atomic E-state index is 0.0763. The zero-order valence-electron chi connectivity index (χ0n) is 13.3. The summed E-state index contributed by atoms with van der Waals surface area (Å²) < 4.78 is 0. The molecule has 0 fully saturated rings. The summed E-state index contributed by atoms with van der Waals surface area (Å²) in [6.07, 6.45) is 3.34. The Kier molecular flexibility index (Phi) is 3.98. The van der Waals surface area contributed by atoms with Crippen LogP contribution in [0.5, 0.6) is 0 Å². The second-order valence-corrected chi connectivity index (χ2v) is 5.92. The fourth-order valence-electron chi connectivity index (χ4n) is 2.59. The van der Waals surface area contributed by atoms with E-state index in [1.54, 1.807) is 30.6 Å². The third-order valence-electron chi connectivity index (χ3n) is 3.75. The number of benzene rings is 1. The largest absolute Gasteiger partial charge is 0.477 e. The summed E-state index contributed by atoms with van der Waals surface area (Å²) >= 11 is 6.26. The van der Waals surface area contributed by atoms with Gasteiger partial charge in [0.25, 0.3) is 0 Å². The van der Waals surface area contributed by atoms with E-state index in [2.05, 4.69) is 25.3 Å². The van der Waals surface area contributed by atoms with Crippen molar-refractivity contribution in [1.29, 1.82) is 0 Å². The molecule has 1 aromatic carbocycles. The summed E-state index contributed by atoms with van der Waals surface area (Å²) in [5.41, 5.74) is 2.72. The van der Waals surface area contributed by atoms with E-state index in [4.69, 9.17) is 16.7 Å². The van der Waals surface area contributed by atoms with E-state index in [9.17, 15) is 4.79 Å². The molecule has 0 bridgehead atoms. The molecule has 3 N–H and O–H groups in total. The van der Waals surface area contributed by atoms with E-state index in [1.807, 2.05) is 18.2 Å². The number of aromatic nitrogens is 4. The molecule has 0 radical (unpaired) electrons. The molecule has 26 heavy (non-hydrogen) atoms. The number of hydrogen-bond donors (Lipinski definition) is 3. The minimum atomic E-state index is -1.04. The molecule has 4 aromatic rings. The van der Waals surface area contributed by atoms with Crippen molar-refractivity contribution in [3.8, 4) is 11.4 Å². The molecule has 0 amide bonds. The van der Waals surface area contributed by atoms with Crippen LogP contribution in [-0.4, -0.2) is 31.0 Å². The Labute approximate surface area is 152 Å². The van der Waals surface area contributed by atoms with Crippen molar-refractivity contribution in [2.24, 2.45) is 0 Å². The number of nitrogens with one attached hydrogen (secondary N) is 2. The molecule has 0 aliphatic rings. The summed E-state index contributed by atoms with van der Waals surface area (Å²) in [4.78, 5) is 26.8. The lowest BCUT2D eigenvalue weighted by Gasteiger charge is -2.07. The molecule has 3 heterocycles. The fraction of sp³-hybridized carbons (Fsp3) is 0. The monoisotopic (exact) mass is 365 g/mol. The van der Waals surface area contributed by atoms with Gasteiger partial charge in [0.1, 0.15) is 5.69 Å². The Balaban J connectivity index is 1.68. The molecule has 0 saturated heterocycles. The van der Waals surface area contributed by atoms with Gasteiger partial charge in [0.15, 0.2) is 0 Å². The number of H-pyrrole nitrogens is 1. The highest BCUT2D eigenvalue weighted by Gasteiger charge is 2.12. The number of anilines is 2. The Morgan fingerprint density at radius 3 is 2.73 bits per heavy atom. The molecule has 0 unspecified atom stereocenters. The number of carbonyl (C=O) groups is 1. The Morgan fingerprint density at radius 2 is 1.96 bits per heavy atom. The predicted molar refractivity (Wildman–Crippen MR) is 98.8 cm³/mol. The number of aromatic amines is 1. The summed E-state index contributed by atoms with van der Waals surface area (Å²) in [5, 5.41) is 13.3. The first-order valence-electron chi connectivity index (χ1n) is 7.67. The Bertz CT molecular complexity index is 1110. The van der Waals surface area contributed by atoms with Gasteiger partial charge in [-0.2, -0.15) is 0 Å². The average Bonchev–Trinajstić information content (AvgIpc) is 3.08. The number of fused-ring (bicyclic) bond motifs is 1. The van der Waals surface area contributed by atoms with Crippen molar-refractivity contribution in [3.05, 3.63) is 65.6 Å². The molecule has 4 rings (SSSR count). The maximum atomic E-state index is 11.1. The lowest BCUT2D eigenvalue weighted by molar-refractivity contribution is 0.0691. The fourth-order valence-corrected chi connectivity index (χ4v) is 2.87. The highest BCUT2D eigenvalue weighted by atomic mass is 35.5. The van der Waals surface area contributed by atoms with Crippen LogP contribution >= 0.6 is 11.6 Å². The van der Waals surface area contributed by atoms with E-state index >= 15 is 0 Å². The van der Waals surface area contributed by atoms with Crippen LogP contribution in [0.25, 0.3) is 22.3 Å². The van der Waals surface area contributed by atoms with Gasteiger partial charge < -0.3 is 15.4 Å². The molecule has 0 spiro atoms. The highest BCUT2D eigenvalue weighted by molar-refractivity contribution is 6.35. The topological polar surface area (TPSA) is 104 Å². The molecule has 3 aromatic heterocycles. The zero-order valence-corrected chi connectivity index (χ0v) is 14.0. The van der Waals surface area contributed by atoms with E-state index in [-0.39, 0.29) is 5.69 Å². The van der Waals surface area contributed by atoms with Crippen LogP contribution in [0.2, 0.25) is 5.02 Å². The first kappa shape index (κ1) is 16.0. The third-order valence-corrected chi connectivity index (χ3v) is 4.05. The van der Waals surface area contributed by atoms with Crippen LogP contribution < -0.4 is 5.32 Å². The molecular weight excluding hydrogens is 354 g/mol. The highest BCUT2D eigenvalue weighted by Crippen LogP contribution is 2.29. The van der Waals surface area contributed by atoms with E-state index in [0.717, 1.165) is 5.69 Å². The summed E-state index contributed by atoms with van der Waals surface area (Å²) in [6, 6.07) is 12.3. The third kappa shape index (κ3) is 3.07. The quantitative estimate of drug-likeness (QED) is 0.502. The molecule has 0 saturated carbocycles. The standard InChI is InChI=1S/C18H12ClN5O2/c19-12-9-11(7-10-8-15(17(25)26)23-16(10)12)22-18-21-6-4-14(24-18)13-3-1-2-5-20-13/h1-9,23H,(H,25,26)(H,21,22,24). The molecule has 0 aliphatic carbocycles. The smallest absolute Gasteiger partial charge is 0.352 e.